The van der Waals surface area contributed by atoms with Gasteiger partial charge in [0.15, 0.2) is 0 Å². The molecule has 1 saturated heterocycles. The SMILES string of the molecule is COc1ccc(NC(=O)CNCC(=O)N2CCCC2)cc1. The van der Waals surface area contributed by atoms with Crippen molar-refractivity contribution in [2.45, 2.75) is 12.8 Å². The van der Waals surface area contributed by atoms with Gasteiger partial charge in [0.2, 0.25) is 11.8 Å². The van der Waals surface area contributed by atoms with Crippen molar-refractivity contribution in [3.8, 4) is 5.75 Å². The molecule has 1 heterocycles. The first-order valence-electron chi connectivity index (χ1n) is 7.11. The Balaban J connectivity index is 1.68. The number of ether oxygens (including phenoxy) is 1. The molecule has 1 aliphatic rings. The van der Waals surface area contributed by atoms with E-state index in [4.69, 9.17) is 4.74 Å². The maximum absolute atomic E-state index is 11.8. The van der Waals surface area contributed by atoms with Crippen LogP contribution < -0.4 is 15.4 Å². The Hall–Kier alpha value is -2.08. The van der Waals surface area contributed by atoms with Gasteiger partial charge in [-0.25, -0.2) is 0 Å². The zero-order valence-corrected chi connectivity index (χ0v) is 12.2. The molecule has 2 N–H and O–H groups in total. The summed E-state index contributed by atoms with van der Waals surface area (Å²) in [5.74, 6) is 0.626. The van der Waals surface area contributed by atoms with E-state index >= 15 is 0 Å². The van der Waals surface area contributed by atoms with Gasteiger partial charge in [0.25, 0.3) is 0 Å². The lowest BCUT2D eigenvalue weighted by atomic mass is 10.3. The Morgan fingerprint density at radius 2 is 1.81 bits per heavy atom. The fourth-order valence-electron chi connectivity index (χ4n) is 2.24. The summed E-state index contributed by atoms with van der Waals surface area (Å²) >= 11 is 0. The molecule has 0 saturated carbocycles. The third-order valence-electron chi connectivity index (χ3n) is 3.39. The zero-order chi connectivity index (χ0) is 15.1. The molecule has 114 valence electrons. The highest BCUT2D eigenvalue weighted by Crippen LogP contribution is 2.14. The molecular weight excluding hydrogens is 270 g/mol. The largest absolute Gasteiger partial charge is 0.497 e. The smallest absolute Gasteiger partial charge is 0.238 e. The Bertz CT molecular complexity index is 481. The van der Waals surface area contributed by atoms with Crippen LogP contribution >= 0.6 is 0 Å². The number of nitrogens with zero attached hydrogens (tertiary/aromatic N) is 1. The van der Waals surface area contributed by atoms with Crippen LogP contribution in [-0.4, -0.2) is 50.0 Å². The topological polar surface area (TPSA) is 70.7 Å². The second-order valence-corrected chi connectivity index (χ2v) is 4.97. The average molecular weight is 291 g/mol. The third-order valence-corrected chi connectivity index (χ3v) is 3.39. The van der Waals surface area contributed by atoms with Gasteiger partial charge in [-0.1, -0.05) is 0 Å². The van der Waals surface area contributed by atoms with Crippen LogP contribution in [0.5, 0.6) is 5.75 Å². The van der Waals surface area contributed by atoms with Gasteiger partial charge in [-0.15, -0.1) is 0 Å². The fraction of sp³-hybridized carbons (Fsp3) is 0.467. The van der Waals surface area contributed by atoms with Crippen molar-refractivity contribution >= 4 is 17.5 Å². The maximum atomic E-state index is 11.8. The van der Waals surface area contributed by atoms with Crippen molar-refractivity contribution in [2.75, 3.05) is 38.6 Å². The van der Waals surface area contributed by atoms with Crippen molar-refractivity contribution in [3.05, 3.63) is 24.3 Å². The number of nitrogens with one attached hydrogen (secondary N) is 2. The average Bonchev–Trinajstić information content (AvgIpc) is 3.02. The Kier molecular flexibility index (Phi) is 5.57. The highest BCUT2D eigenvalue weighted by Gasteiger charge is 2.17. The number of carbonyl (C=O) groups excluding carboxylic acids is 2. The van der Waals surface area contributed by atoms with Gasteiger partial charge in [-0.2, -0.15) is 0 Å². The Morgan fingerprint density at radius 1 is 1.14 bits per heavy atom. The predicted octanol–water partition coefficient (Wildman–Crippen LogP) is 0.846. The molecule has 21 heavy (non-hydrogen) atoms. The minimum atomic E-state index is -0.172. The standard InChI is InChI=1S/C15H21N3O3/c1-21-13-6-4-12(5-7-13)17-14(19)10-16-11-15(20)18-8-2-3-9-18/h4-7,16H,2-3,8-11H2,1H3,(H,17,19). The number of likely N-dealkylation sites (tertiary alicyclic amines) is 1. The van der Waals surface area contributed by atoms with Gasteiger partial charge in [0, 0.05) is 18.8 Å². The number of hydrogen-bond donors (Lipinski definition) is 2. The molecule has 1 aromatic rings. The van der Waals surface area contributed by atoms with Crippen molar-refractivity contribution in [2.24, 2.45) is 0 Å². The molecule has 2 rings (SSSR count). The molecular formula is C15H21N3O3. The molecule has 0 atom stereocenters. The van der Waals surface area contributed by atoms with Gasteiger partial charge >= 0.3 is 0 Å². The van der Waals surface area contributed by atoms with Crippen LogP contribution in [0.1, 0.15) is 12.8 Å². The maximum Gasteiger partial charge on any atom is 0.238 e. The molecule has 0 spiro atoms. The van der Waals surface area contributed by atoms with E-state index in [-0.39, 0.29) is 24.9 Å². The predicted molar refractivity (Wildman–Crippen MR) is 80.3 cm³/mol. The van der Waals surface area contributed by atoms with Crippen LogP contribution in [0.3, 0.4) is 0 Å². The van der Waals surface area contributed by atoms with Crippen molar-refractivity contribution < 1.29 is 14.3 Å². The molecule has 0 unspecified atom stereocenters. The van der Waals surface area contributed by atoms with Gasteiger partial charge in [0.05, 0.1) is 20.2 Å². The molecule has 6 heteroatoms. The summed E-state index contributed by atoms with van der Waals surface area (Å²) in [6, 6.07) is 7.10. The molecule has 6 nitrogen and oxygen atoms in total. The number of anilines is 1. The van der Waals surface area contributed by atoms with E-state index in [0.29, 0.717) is 5.69 Å². The Morgan fingerprint density at radius 3 is 2.43 bits per heavy atom. The zero-order valence-electron chi connectivity index (χ0n) is 12.2. The first kappa shape index (κ1) is 15.3. The summed E-state index contributed by atoms with van der Waals surface area (Å²) in [4.78, 5) is 25.3. The van der Waals surface area contributed by atoms with E-state index < -0.39 is 0 Å². The third kappa shape index (κ3) is 4.75. The lowest BCUT2D eigenvalue weighted by Crippen LogP contribution is -2.39. The minimum Gasteiger partial charge on any atom is -0.497 e. The minimum absolute atomic E-state index is 0.0600. The molecule has 0 bridgehead atoms. The highest BCUT2D eigenvalue weighted by molar-refractivity contribution is 5.92. The molecule has 0 aromatic heterocycles. The summed E-state index contributed by atoms with van der Waals surface area (Å²) in [6.45, 7) is 1.98. The van der Waals surface area contributed by atoms with E-state index in [2.05, 4.69) is 10.6 Å². The van der Waals surface area contributed by atoms with Gasteiger partial charge in [-0.3, -0.25) is 14.9 Å². The first-order valence-corrected chi connectivity index (χ1v) is 7.11. The normalized spacial score (nSPS) is 14.0. The van der Waals surface area contributed by atoms with Gasteiger partial charge < -0.3 is 15.0 Å². The lowest BCUT2D eigenvalue weighted by molar-refractivity contribution is -0.129. The van der Waals surface area contributed by atoms with Crippen LogP contribution in [-0.2, 0) is 9.59 Å². The van der Waals surface area contributed by atoms with E-state index in [9.17, 15) is 9.59 Å². The number of carbonyl (C=O) groups is 2. The molecule has 1 aromatic carbocycles. The molecule has 1 fully saturated rings. The molecule has 0 aliphatic carbocycles. The lowest BCUT2D eigenvalue weighted by Gasteiger charge is -2.15. The van der Waals surface area contributed by atoms with Gasteiger partial charge in [-0.05, 0) is 37.1 Å². The quantitative estimate of drug-likeness (QED) is 0.815. The Labute approximate surface area is 124 Å². The first-order chi connectivity index (χ1) is 10.2. The highest BCUT2D eigenvalue weighted by atomic mass is 16.5. The summed E-state index contributed by atoms with van der Waals surface area (Å²) in [6.07, 6.45) is 2.15. The summed E-state index contributed by atoms with van der Waals surface area (Å²) < 4.78 is 5.05. The van der Waals surface area contributed by atoms with E-state index in [1.807, 2.05) is 4.90 Å². The van der Waals surface area contributed by atoms with Crippen molar-refractivity contribution in [1.29, 1.82) is 0 Å². The number of benzene rings is 1. The monoisotopic (exact) mass is 291 g/mol. The van der Waals surface area contributed by atoms with Crippen molar-refractivity contribution in [3.63, 3.8) is 0 Å². The van der Waals surface area contributed by atoms with Crippen LogP contribution in [0, 0.1) is 0 Å². The van der Waals surface area contributed by atoms with E-state index in [1.54, 1.807) is 31.4 Å². The van der Waals surface area contributed by atoms with Crippen LogP contribution in [0.4, 0.5) is 5.69 Å². The second kappa shape index (κ2) is 7.64. The van der Waals surface area contributed by atoms with Crippen LogP contribution in [0.25, 0.3) is 0 Å². The molecule has 0 radical (unpaired) electrons. The number of rotatable bonds is 6. The number of methoxy groups -OCH3 is 1. The van der Waals surface area contributed by atoms with Gasteiger partial charge in [0.1, 0.15) is 5.75 Å². The summed E-state index contributed by atoms with van der Waals surface area (Å²) in [5, 5.41) is 5.63. The summed E-state index contributed by atoms with van der Waals surface area (Å²) in [7, 11) is 1.59. The van der Waals surface area contributed by atoms with Crippen LogP contribution in [0.15, 0.2) is 24.3 Å². The van der Waals surface area contributed by atoms with E-state index in [0.717, 1.165) is 31.7 Å². The van der Waals surface area contributed by atoms with Crippen LogP contribution in [0.2, 0.25) is 0 Å². The number of amides is 2. The number of hydrogen-bond acceptors (Lipinski definition) is 4. The molecule has 2 amide bonds. The summed E-state index contributed by atoms with van der Waals surface area (Å²) in [5.41, 5.74) is 0.702. The second-order valence-electron chi connectivity index (χ2n) is 4.97. The van der Waals surface area contributed by atoms with E-state index in [1.165, 1.54) is 0 Å². The van der Waals surface area contributed by atoms with Crippen molar-refractivity contribution in [1.82, 2.24) is 10.2 Å². The fourth-order valence-corrected chi connectivity index (χ4v) is 2.24. The molecule has 1 aliphatic heterocycles.